The number of carbonyl (C=O) groups is 2. The molecule has 3 fully saturated rings. The monoisotopic (exact) mass is 356 g/mol. The van der Waals surface area contributed by atoms with E-state index in [0.29, 0.717) is 18.0 Å². The topological polar surface area (TPSA) is 70.5 Å². The molecule has 1 atom stereocenters. The second-order valence-corrected chi connectivity index (χ2v) is 7.32. The van der Waals surface area contributed by atoms with Crippen LogP contribution >= 0.6 is 11.5 Å². The average molecular weight is 356 g/mol. The molecule has 25 heavy (non-hydrogen) atoms. The molecule has 1 aromatic heterocycles. The van der Waals surface area contributed by atoms with Gasteiger partial charge in [0.05, 0.1) is 4.70 Å². The third kappa shape index (κ3) is 3.73. The number of piperidine rings is 3. The van der Waals surface area contributed by atoms with Crippen molar-refractivity contribution in [2.45, 2.75) is 19.3 Å². The highest BCUT2D eigenvalue weighted by Crippen LogP contribution is 2.35. The zero-order valence-electron chi connectivity index (χ0n) is 13.9. The van der Waals surface area contributed by atoms with E-state index in [1.54, 1.807) is 0 Å². The molecular weight excluding hydrogens is 336 g/mol. The summed E-state index contributed by atoms with van der Waals surface area (Å²) in [5.41, 5.74) is 1.48. The number of carbonyl (C=O) groups excluding carboxylic acids is 1. The van der Waals surface area contributed by atoms with E-state index >= 15 is 0 Å². The Hall–Kier alpha value is -2.23. The van der Waals surface area contributed by atoms with Crippen molar-refractivity contribution in [3.8, 4) is 12.3 Å². The van der Waals surface area contributed by atoms with Crippen LogP contribution < -0.4 is 0 Å². The third-order valence-corrected chi connectivity index (χ3v) is 5.95. The van der Waals surface area contributed by atoms with Crippen LogP contribution in [0.2, 0.25) is 0 Å². The van der Waals surface area contributed by atoms with Crippen LogP contribution in [0, 0.1) is 24.2 Å². The van der Waals surface area contributed by atoms with Crippen molar-refractivity contribution in [2.24, 2.45) is 11.8 Å². The second-order valence-electron chi connectivity index (χ2n) is 6.52. The Bertz CT molecular complexity index is 816. The molecule has 0 amide bonds. The minimum absolute atomic E-state index is 0.193. The van der Waals surface area contributed by atoms with Crippen molar-refractivity contribution in [3.63, 3.8) is 0 Å². The van der Waals surface area contributed by atoms with E-state index in [-0.39, 0.29) is 12.3 Å². The SMILES string of the molecule is C#Cc1ccc2c(C(=O)C[C@H]3CN4CCC3CC4)nsc2c1.O=CO. The Kier molecular flexibility index (Phi) is 5.47. The summed E-state index contributed by atoms with van der Waals surface area (Å²) in [6.07, 6.45) is 8.57. The fraction of sp³-hybridized carbons (Fsp3) is 0.421. The number of rotatable bonds is 3. The van der Waals surface area contributed by atoms with Gasteiger partial charge < -0.3 is 10.0 Å². The Morgan fingerprint density at radius 2 is 2.16 bits per heavy atom. The molecule has 0 saturated carbocycles. The number of carboxylic acid groups (broad SMARTS) is 1. The molecule has 5 nitrogen and oxygen atoms in total. The van der Waals surface area contributed by atoms with Gasteiger partial charge in [-0.3, -0.25) is 9.59 Å². The zero-order valence-corrected chi connectivity index (χ0v) is 14.7. The maximum Gasteiger partial charge on any atom is 0.290 e. The molecule has 1 aromatic carbocycles. The van der Waals surface area contributed by atoms with Crippen molar-refractivity contribution in [2.75, 3.05) is 19.6 Å². The summed E-state index contributed by atoms with van der Waals surface area (Å²) in [5.74, 6) is 4.06. The van der Waals surface area contributed by atoms with Crippen molar-refractivity contribution in [1.82, 2.24) is 9.27 Å². The lowest BCUT2D eigenvalue weighted by atomic mass is 9.76. The highest BCUT2D eigenvalue weighted by molar-refractivity contribution is 7.13. The first kappa shape index (κ1) is 17.6. The molecule has 130 valence electrons. The molecule has 5 rings (SSSR count). The van der Waals surface area contributed by atoms with Gasteiger partial charge in [0.25, 0.3) is 6.47 Å². The van der Waals surface area contributed by atoms with E-state index in [1.807, 2.05) is 18.2 Å². The number of hydrogen-bond donors (Lipinski definition) is 1. The highest BCUT2D eigenvalue weighted by Gasteiger charge is 2.35. The number of benzene rings is 1. The van der Waals surface area contributed by atoms with Gasteiger partial charge in [-0.1, -0.05) is 5.92 Å². The quantitative estimate of drug-likeness (QED) is 0.520. The number of nitrogens with zero attached hydrogens (tertiary/aromatic N) is 2. The normalized spacial score (nSPS) is 24.2. The van der Waals surface area contributed by atoms with Crippen LogP contribution in [0.1, 0.15) is 35.3 Å². The van der Waals surface area contributed by atoms with Gasteiger partial charge in [0.1, 0.15) is 5.69 Å². The molecule has 0 spiro atoms. The summed E-state index contributed by atoms with van der Waals surface area (Å²) >= 11 is 1.37. The fourth-order valence-corrected chi connectivity index (χ4v) is 4.71. The molecule has 6 heteroatoms. The highest BCUT2D eigenvalue weighted by atomic mass is 32.1. The molecular formula is C19H20N2O3S. The first-order chi connectivity index (χ1) is 12.2. The maximum absolute atomic E-state index is 12.7. The molecule has 0 radical (unpaired) electrons. The van der Waals surface area contributed by atoms with Crippen molar-refractivity contribution < 1.29 is 14.7 Å². The van der Waals surface area contributed by atoms with E-state index in [4.69, 9.17) is 16.3 Å². The van der Waals surface area contributed by atoms with Gasteiger partial charge >= 0.3 is 0 Å². The number of terminal acetylenes is 1. The molecule has 2 bridgehead atoms. The molecule has 1 N–H and O–H groups in total. The van der Waals surface area contributed by atoms with E-state index in [1.165, 1.54) is 37.5 Å². The van der Waals surface area contributed by atoms with Crippen molar-refractivity contribution >= 4 is 33.9 Å². The van der Waals surface area contributed by atoms with Gasteiger partial charge in [0, 0.05) is 23.9 Å². The van der Waals surface area contributed by atoms with Crippen LogP contribution in [-0.2, 0) is 4.79 Å². The minimum Gasteiger partial charge on any atom is -0.483 e. The second kappa shape index (κ2) is 7.77. The minimum atomic E-state index is -0.250. The summed E-state index contributed by atoms with van der Waals surface area (Å²) < 4.78 is 5.42. The van der Waals surface area contributed by atoms with Crippen molar-refractivity contribution in [3.05, 3.63) is 29.5 Å². The molecule has 0 aliphatic carbocycles. The molecule has 3 aliphatic rings. The predicted octanol–water partition coefficient (Wildman–Crippen LogP) is 2.89. The van der Waals surface area contributed by atoms with E-state index in [0.717, 1.165) is 28.1 Å². The summed E-state index contributed by atoms with van der Waals surface area (Å²) in [5, 5.41) is 7.84. The van der Waals surface area contributed by atoms with Gasteiger partial charge in [-0.05, 0) is 67.5 Å². The Morgan fingerprint density at radius 1 is 1.44 bits per heavy atom. The lowest BCUT2D eigenvalue weighted by molar-refractivity contribution is -0.122. The molecule has 3 saturated heterocycles. The van der Waals surface area contributed by atoms with Crippen LogP contribution in [0.4, 0.5) is 0 Å². The molecule has 3 aliphatic heterocycles. The summed E-state index contributed by atoms with van der Waals surface area (Å²) in [6.45, 7) is 3.26. The van der Waals surface area contributed by atoms with E-state index in [9.17, 15) is 4.79 Å². The molecule has 4 heterocycles. The lowest BCUT2D eigenvalue weighted by Crippen LogP contribution is -2.47. The van der Waals surface area contributed by atoms with Crippen LogP contribution in [0.5, 0.6) is 0 Å². The standard InChI is InChI=1S/C18H18N2OS.CH2O2/c1-2-12-3-4-15-17(9-12)22-19-18(15)16(21)10-14-11-20-7-5-13(14)6-8-20;2-1-3/h1,3-4,9,13-14H,5-8,10-11H2;1H,(H,2,3)/t14-;/m0./s1. The molecule has 2 aromatic rings. The van der Waals surface area contributed by atoms with E-state index in [2.05, 4.69) is 15.2 Å². The Labute approximate surface area is 150 Å². The van der Waals surface area contributed by atoms with Crippen LogP contribution in [-0.4, -0.2) is 46.3 Å². The number of aromatic nitrogens is 1. The largest absolute Gasteiger partial charge is 0.483 e. The average Bonchev–Trinajstić information content (AvgIpc) is 3.06. The van der Waals surface area contributed by atoms with Crippen LogP contribution in [0.25, 0.3) is 10.1 Å². The van der Waals surface area contributed by atoms with Gasteiger partial charge in [-0.25, -0.2) is 0 Å². The first-order valence-corrected chi connectivity index (χ1v) is 9.13. The van der Waals surface area contributed by atoms with Gasteiger partial charge in [0.15, 0.2) is 5.78 Å². The van der Waals surface area contributed by atoms with Crippen molar-refractivity contribution in [1.29, 1.82) is 0 Å². The Morgan fingerprint density at radius 3 is 2.76 bits per heavy atom. The van der Waals surface area contributed by atoms with Gasteiger partial charge in [0.2, 0.25) is 0 Å². The number of Topliss-reactive ketones (excluding diaryl/α,β-unsaturated/α-hetero) is 1. The summed E-state index contributed by atoms with van der Waals surface area (Å²) in [7, 11) is 0. The number of hydrogen-bond acceptors (Lipinski definition) is 5. The summed E-state index contributed by atoms with van der Waals surface area (Å²) in [4.78, 5) is 23.6. The van der Waals surface area contributed by atoms with Crippen LogP contribution in [0.3, 0.4) is 0 Å². The summed E-state index contributed by atoms with van der Waals surface area (Å²) in [6, 6.07) is 5.78. The lowest BCUT2D eigenvalue weighted by Gasteiger charge is -2.44. The number of ketones is 1. The smallest absolute Gasteiger partial charge is 0.290 e. The number of fused-ring (bicyclic) bond motifs is 4. The zero-order chi connectivity index (χ0) is 17.8. The fourth-order valence-electron chi connectivity index (χ4n) is 3.88. The predicted molar refractivity (Wildman–Crippen MR) is 97.8 cm³/mol. The maximum atomic E-state index is 12.7. The third-order valence-electron chi connectivity index (χ3n) is 5.14. The van der Waals surface area contributed by atoms with Gasteiger partial charge in [-0.2, -0.15) is 4.37 Å². The van der Waals surface area contributed by atoms with Gasteiger partial charge in [-0.15, -0.1) is 6.42 Å². The Balaban J connectivity index is 0.000000569. The van der Waals surface area contributed by atoms with Crippen LogP contribution in [0.15, 0.2) is 18.2 Å². The first-order valence-electron chi connectivity index (χ1n) is 8.35. The van der Waals surface area contributed by atoms with E-state index < -0.39 is 0 Å². The molecule has 0 unspecified atom stereocenters.